The molecule has 0 bridgehead atoms. The number of hydrogen-bond acceptors (Lipinski definition) is 3. The highest BCUT2D eigenvalue weighted by atomic mass is 32.2. The minimum Gasteiger partial charge on any atom is -0.496 e. The van der Waals surface area contributed by atoms with Gasteiger partial charge in [0.25, 0.3) is 0 Å². The summed E-state index contributed by atoms with van der Waals surface area (Å²) in [6.45, 7) is 5.54. The van der Waals surface area contributed by atoms with Crippen LogP contribution in [0, 0.1) is 20.8 Å². The van der Waals surface area contributed by atoms with Gasteiger partial charge in [0.1, 0.15) is 5.75 Å². The first-order valence-electron chi connectivity index (χ1n) is 8.07. The van der Waals surface area contributed by atoms with Crippen molar-refractivity contribution in [2.75, 3.05) is 7.11 Å². The summed E-state index contributed by atoms with van der Waals surface area (Å²) in [6, 6.07) is 9.83. The van der Waals surface area contributed by atoms with Crippen LogP contribution in [0.1, 0.15) is 27.8 Å². The summed E-state index contributed by atoms with van der Waals surface area (Å²) in [6.07, 6.45) is 1.48. The van der Waals surface area contributed by atoms with Crippen molar-refractivity contribution in [3.63, 3.8) is 0 Å². The molecule has 0 spiro atoms. The van der Waals surface area contributed by atoms with Crippen LogP contribution in [-0.4, -0.2) is 21.6 Å². The van der Waals surface area contributed by atoms with Gasteiger partial charge in [-0.05, 0) is 67.5 Å². The topological polar surface area (TPSA) is 55.4 Å². The molecule has 0 heterocycles. The second-order valence-corrected chi connectivity index (χ2v) is 8.12. The van der Waals surface area contributed by atoms with E-state index in [1.807, 2.05) is 32.9 Å². The maximum absolute atomic E-state index is 13.0. The highest BCUT2D eigenvalue weighted by molar-refractivity contribution is 7.89. The number of ether oxygens (including phenoxy) is 1. The van der Waals surface area contributed by atoms with E-state index in [2.05, 4.69) is 16.9 Å². The molecule has 128 valence electrons. The van der Waals surface area contributed by atoms with Gasteiger partial charge in [0.05, 0.1) is 12.0 Å². The first kappa shape index (κ1) is 17.0. The third kappa shape index (κ3) is 2.94. The molecule has 4 nitrogen and oxygen atoms in total. The largest absolute Gasteiger partial charge is 0.496 e. The highest BCUT2D eigenvalue weighted by Crippen LogP contribution is 2.31. The predicted molar refractivity (Wildman–Crippen MR) is 95.2 cm³/mol. The molecule has 0 aromatic heterocycles. The second-order valence-electron chi connectivity index (χ2n) is 6.47. The number of methoxy groups -OCH3 is 1. The molecule has 0 atom stereocenters. The number of benzene rings is 2. The molecule has 0 radical (unpaired) electrons. The Balaban J connectivity index is 1.91. The van der Waals surface area contributed by atoms with E-state index in [9.17, 15) is 8.42 Å². The monoisotopic (exact) mass is 345 g/mol. The summed E-state index contributed by atoms with van der Waals surface area (Å²) >= 11 is 0. The summed E-state index contributed by atoms with van der Waals surface area (Å²) in [4.78, 5) is 0.372. The van der Waals surface area contributed by atoms with Gasteiger partial charge in [-0.1, -0.05) is 24.3 Å². The zero-order valence-electron chi connectivity index (χ0n) is 14.5. The fourth-order valence-corrected chi connectivity index (χ4v) is 5.33. The Morgan fingerprint density at radius 3 is 2.17 bits per heavy atom. The van der Waals surface area contributed by atoms with Crippen LogP contribution in [0.2, 0.25) is 0 Å². The number of nitrogens with one attached hydrogen (secondary N) is 1. The minimum absolute atomic E-state index is 0.0893. The number of rotatable bonds is 4. The summed E-state index contributed by atoms with van der Waals surface area (Å²) < 4.78 is 34.2. The van der Waals surface area contributed by atoms with E-state index in [1.165, 1.54) is 11.1 Å². The SMILES string of the molecule is COc1cc(C)c(S(=O)(=O)NC2Cc3ccccc3C2)c(C)c1C. The summed E-state index contributed by atoms with van der Waals surface area (Å²) in [5, 5.41) is 0. The van der Waals surface area contributed by atoms with E-state index >= 15 is 0 Å². The zero-order chi connectivity index (χ0) is 17.5. The lowest BCUT2D eigenvalue weighted by Crippen LogP contribution is -2.36. The van der Waals surface area contributed by atoms with Crippen LogP contribution in [0.15, 0.2) is 35.2 Å². The van der Waals surface area contributed by atoms with Gasteiger partial charge in [-0.25, -0.2) is 13.1 Å². The van der Waals surface area contributed by atoms with Crippen molar-refractivity contribution in [1.29, 1.82) is 0 Å². The Bertz CT molecular complexity index is 863. The molecular weight excluding hydrogens is 322 g/mol. The molecule has 0 saturated heterocycles. The van der Waals surface area contributed by atoms with Crippen molar-refractivity contribution < 1.29 is 13.2 Å². The zero-order valence-corrected chi connectivity index (χ0v) is 15.3. The van der Waals surface area contributed by atoms with Crippen molar-refractivity contribution in [3.8, 4) is 5.75 Å². The Kier molecular flexibility index (Phi) is 4.40. The van der Waals surface area contributed by atoms with Crippen LogP contribution in [0.5, 0.6) is 5.75 Å². The molecule has 24 heavy (non-hydrogen) atoms. The Morgan fingerprint density at radius 1 is 1.04 bits per heavy atom. The number of sulfonamides is 1. The van der Waals surface area contributed by atoms with E-state index in [1.54, 1.807) is 13.2 Å². The quantitative estimate of drug-likeness (QED) is 0.926. The smallest absolute Gasteiger partial charge is 0.241 e. The standard InChI is InChI=1S/C19H23NO3S/c1-12-9-18(23-4)13(2)14(3)19(12)24(21,22)20-17-10-15-7-5-6-8-16(15)11-17/h5-9,17,20H,10-11H2,1-4H3. The first-order chi connectivity index (χ1) is 11.3. The maximum Gasteiger partial charge on any atom is 0.241 e. The van der Waals surface area contributed by atoms with Gasteiger partial charge >= 0.3 is 0 Å². The summed E-state index contributed by atoms with van der Waals surface area (Å²) in [5.41, 5.74) is 4.76. The number of fused-ring (bicyclic) bond motifs is 1. The van der Waals surface area contributed by atoms with E-state index in [4.69, 9.17) is 4.74 Å². The Labute approximate surface area is 143 Å². The first-order valence-corrected chi connectivity index (χ1v) is 9.55. The summed E-state index contributed by atoms with van der Waals surface area (Å²) in [7, 11) is -1.98. The van der Waals surface area contributed by atoms with Crippen LogP contribution >= 0.6 is 0 Å². The maximum atomic E-state index is 13.0. The summed E-state index contributed by atoms with van der Waals surface area (Å²) in [5.74, 6) is 0.720. The highest BCUT2D eigenvalue weighted by Gasteiger charge is 2.29. The van der Waals surface area contributed by atoms with Crippen LogP contribution in [0.4, 0.5) is 0 Å². The van der Waals surface area contributed by atoms with E-state index < -0.39 is 10.0 Å². The average Bonchev–Trinajstić information content (AvgIpc) is 2.91. The molecule has 2 aromatic rings. The predicted octanol–water partition coefficient (Wildman–Crippen LogP) is 3.07. The van der Waals surface area contributed by atoms with Gasteiger partial charge in [0, 0.05) is 6.04 Å². The van der Waals surface area contributed by atoms with Crippen LogP contribution in [-0.2, 0) is 22.9 Å². The van der Waals surface area contributed by atoms with E-state index in [-0.39, 0.29) is 6.04 Å². The van der Waals surface area contributed by atoms with Crippen molar-refractivity contribution in [2.24, 2.45) is 0 Å². The van der Waals surface area contributed by atoms with Crippen LogP contribution in [0.25, 0.3) is 0 Å². The molecule has 0 saturated carbocycles. The van der Waals surface area contributed by atoms with Crippen molar-refractivity contribution in [2.45, 2.75) is 44.6 Å². The lowest BCUT2D eigenvalue weighted by molar-refractivity contribution is 0.410. The normalized spacial score (nSPS) is 14.7. The van der Waals surface area contributed by atoms with Gasteiger partial charge in [0.2, 0.25) is 10.0 Å². The molecule has 1 aliphatic carbocycles. The molecule has 0 aliphatic heterocycles. The fourth-order valence-electron chi connectivity index (χ4n) is 3.57. The average molecular weight is 345 g/mol. The van der Waals surface area contributed by atoms with Crippen LogP contribution in [0.3, 0.4) is 0 Å². The molecule has 5 heteroatoms. The molecule has 1 N–H and O–H groups in total. The van der Waals surface area contributed by atoms with E-state index in [0.717, 1.165) is 29.7 Å². The molecule has 0 unspecified atom stereocenters. The second kappa shape index (κ2) is 6.22. The number of aryl methyl sites for hydroxylation is 1. The van der Waals surface area contributed by atoms with Crippen molar-refractivity contribution >= 4 is 10.0 Å². The molecule has 2 aromatic carbocycles. The fraction of sp³-hybridized carbons (Fsp3) is 0.368. The van der Waals surface area contributed by atoms with Crippen LogP contribution < -0.4 is 9.46 Å². The van der Waals surface area contributed by atoms with Gasteiger partial charge in [0.15, 0.2) is 0 Å². The number of hydrogen-bond donors (Lipinski definition) is 1. The minimum atomic E-state index is -3.58. The molecule has 1 aliphatic rings. The Hall–Kier alpha value is -1.85. The molecular formula is C19H23NO3S. The molecule has 0 fully saturated rings. The van der Waals surface area contributed by atoms with Gasteiger partial charge < -0.3 is 4.74 Å². The van der Waals surface area contributed by atoms with E-state index in [0.29, 0.717) is 10.5 Å². The van der Waals surface area contributed by atoms with Gasteiger partial charge in [-0.15, -0.1) is 0 Å². The van der Waals surface area contributed by atoms with Gasteiger partial charge in [-0.2, -0.15) is 0 Å². The lowest BCUT2D eigenvalue weighted by Gasteiger charge is -2.19. The lowest BCUT2D eigenvalue weighted by atomic mass is 10.1. The third-order valence-electron chi connectivity index (χ3n) is 4.84. The van der Waals surface area contributed by atoms with Gasteiger partial charge in [-0.3, -0.25) is 0 Å². The van der Waals surface area contributed by atoms with Crippen molar-refractivity contribution in [1.82, 2.24) is 4.72 Å². The van der Waals surface area contributed by atoms with Crippen molar-refractivity contribution in [3.05, 3.63) is 58.1 Å². The third-order valence-corrected chi connectivity index (χ3v) is 6.65. The Morgan fingerprint density at radius 2 is 1.62 bits per heavy atom. The molecule has 3 rings (SSSR count). The molecule has 0 amide bonds.